The van der Waals surface area contributed by atoms with Crippen molar-refractivity contribution in [3.63, 3.8) is 0 Å². The van der Waals surface area contributed by atoms with E-state index in [9.17, 15) is 5.11 Å². The first kappa shape index (κ1) is 13.9. The second kappa shape index (κ2) is 9.47. The molecule has 2 heteroatoms. The zero-order chi connectivity index (χ0) is 10.8. The first-order chi connectivity index (χ1) is 6.74. The molecule has 0 aliphatic heterocycles. The van der Waals surface area contributed by atoms with E-state index in [0.717, 1.165) is 25.8 Å². The van der Waals surface area contributed by atoms with Gasteiger partial charge in [-0.3, -0.25) is 0 Å². The van der Waals surface area contributed by atoms with Crippen LogP contribution in [0, 0.1) is 0 Å². The minimum absolute atomic E-state index is 0.0832. The Balaban J connectivity index is 3.49. The Labute approximate surface area is 89.3 Å². The summed E-state index contributed by atoms with van der Waals surface area (Å²) >= 11 is 0. The standard InChI is InChI=1S/C12H27NO/c1-4-9-13(10-5-2)11-7-8-12(14)6-3/h12,14H,4-11H2,1-3H3. The van der Waals surface area contributed by atoms with Crippen LogP contribution in [0.4, 0.5) is 0 Å². The zero-order valence-electron chi connectivity index (χ0n) is 10.1. The van der Waals surface area contributed by atoms with Gasteiger partial charge in [0, 0.05) is 0 Å². The van der Waals surface area contributed by atoms with E-state index in [0.29, 0.717) is 0 Å². The normalized spacial score (nSPS) is 13.5. The number of aliphatic hydroxyl groups is 1. The molecule has 0 aromatic heterocycles. The van der Waals surface area contributed by atoms with Crippen molar-refractivity contribution in [3.8, 4) is 0 Å². The molecule has 0 spiro atoms. The lowest BCUT2D eigenvalue weighted by atomic mass is 10.1. The van der Waals surface area contributed by atoms with E-state index < -0.39 is 0 Å². The monoisotopic (exact) mass is 201 g/mol. The molecule has 0 aromatic carbocycles. The maximum atomic E-state index is 9.41. The van der Waals surface area contributed by atoms with Gasteiger partial charge in [-0.2, -0.15) is 0 Å². The summed E-state index contributed by atoms with van der Waals surface area (Å²) in [4.78, 5) is 2.50. The van der Waals surface area contributed by atoms with Crippen LogP contribution in [-0.2, 0) is 0 Å². The highest BCUT2D eigenvalue weighted by Crippen LogP contribution is 2.03. The first-order valence-electron chi connectivity index (χ1n) is 6.14. The van der Waals surface area contributed by atoms with Gasteiger partial charge in [0.25, 0.3) is 0 Å². The van der Waals surface area contributed by atoms with E-state index in [1.165, 1.54) is 25.9 Å². The fourth-order valence-electron chi connectivity index (χ4n) is 1.72. The summed E-state index contributed by atoms with van der Waals surface area (Å²) in [5.41, 5.74) is 0. The lowest BCUT2D eigenvalue weighted by Crippen LogP contribution is -2.27. The lowest BCUT2D eigenvalue weighted by molar-refractivity contribution is 0.149. The van der Waals surface area contributed by atoms with Gasteiger partial charge in [-0.15, -0.1) is 0 Å². The van der Waals surface area contributed by atoms with Crippen molar-refractivity contribution < 1.29 is 5.11 Å². The van der Waals surface area contributed by atoms with Gasteiger partial charge in [0.15, 0.2) is 0 Å². The van der Waals surface area contributed by atoms with E-state index in [4.69, 9.17) is 0 Å². The predicted octanol–water partition coefficient (Wildman–Crippen LogP) is 2.66. The van der Waals surface area contributed by atoms with Crippen molar-refractivity contribution in [1.82, 2.24) is 4.90 Å². The molecule has 0 rings (SSSR count). The van der Waals surface area contributed by atoms with Crippen LogP contribution in [0.1, 0.15) is 52.9 Å². The summed E-state index contributed by atoms with van der Waals surface area (Å²) in [5.74, 6) is 0. The molecule has 1 N–H and O–H groups in total. The predicted molar refractivity (Wildman–Crippen MR) is 62.6 cm³/mol. The summed E-state index contributed by atoms with van der Waals surface area (Å²) in [6.07, 6.45) is 5.36. The molecule has 0 aliphatic carbocycles. The minimum Gasteiger partial charge on any atom is -0.393 e. The summed E-state index contributed by atoms with van der Waals surface area (Å²) in [7, 11) is 0. The third-order valence-electron chi connectivity index (χ3n) is 2.56. The average molecular weight is 201 g/mol. The van der Waals surface area contributed by atoms with Gasteiger partial charge in [0.1, 0.15) is 0 Å². The second-order valence-corrected chi connectivity index (χ2v) is 4.05. The molecule has 14 heavy (non-hydrogen) atoms. The fraction of sp³-hybridized carbons (Fsp3) is 1.00. The average Bonchev–Trinajstić information content (AvgIpc) is 2.18. The molecule has 0 radical (unpaired) electrons. The minimum atomic E-state index is -0.0832. The Morgan fingerprint density at radius 3 is 2.00 bits per heavy atom. The fourth-order valence-corrected chi connectivity index (χ4v) is 1.72. The Kier molecular flexibility index (Phi) is 9.42. The Morgan fingerprint density at radius 1 is 1.00 bits per heavy atom. The zero-order valence-corrected chi connectivity index (χ0v) is 10.1. The van der Waals surface area contributed by atoms with Crippen molar-refractivity contribution >= 4 is 0 Å². The first-order valence-corrected chi connectivity index (χ1v) is 6.14. The van der Waals surface area contributed by atoms with Gasteiger partial charge in [-0.1, -0.05) is 20.8 Å². The van der Waals surface area contributed by atoms with Crippen molar-refractivity contribution in [3.05, 3.63) is 0 Å². The van der Waals surface area contributed by atoms with E-state index >= 15 is 0 Å². The number of hydrogen-bond donors (Lipinski definition) is 1. The molecule has 0 bridgehead atoms. The largest absolute Gasteiger partial charge is 0.393 e. The SMILES string of the molecule is CCCN(CCC)CCCC(O)CC. The number of nitrogens with zero attached hydrogens (tertiary/aromatic N) is 1. The number of hydrogen-bond acceptors (Lipinski definition) is 2. The topological polar surface area (TPSA) is 23.5 Å². The highest BCUT2D eigenvalue weighted by Gasteiger charge is 2.04. The molecule has 1 unspecified atom stereocenters. The Bertz CT molecular complexity index is 111. The van der Waals surface area contributed by atoms with Gasteiger partial charge in [-0.25, -0.2) is 0 Å². The smallest absolute Gasteiger partial charge is 0.0538 e. The van der Waals surface area contributed by atoms with Crippen molar-refractivity contribution in [2.75, 3.05) is 19.6 Å². The highest BCUT2D eigenvalue weighted by atomic mass is 16.3. The summed E-state index contributed by atoms with van der Waals surface area (Å²) in [6, 6.07) is 0. The lowest BCUT2D eigenvalue weighted by Gasteiger charge is -2.21. The van der Waals surface area contributed by atoms with Crippen molar-refractivity contribution in [1.29, 1.82) is 0 Å². The van der Waals surface area contributed by atoms with E-state index in [2.05, 4.69) is 18.7 Å². The second-order valence-electron chi connectivity index (χ2n) is 4.05. The number of aliphatic hydroxyl groups excluding tert-OH is 1. The molecule has 86 valence electrons. The molecule has 0 saturated carbocycles. The molecule has 0 fully saturated rings. The molecule has 0 heterocycles. The van der Waals surface area contributed by atoms with Gasteiger partial charge < -0.3 is 10.0 Å². The Hall–Kier alpha value is -0.0800. The maximum Gasteiger partial charge on any atom is 0.0538 e. The van der Waals surface area contributed by atoms with Crippen LogP contribution in [0.2, 0.25) is 0 Å². The van der Waals surface area contributed by atoms with Gasteiger partial charge >= 0.3 is 0 Å². The third-order valence-corrected chi connectivity index (χ3v) is 2.56. The van der Waals surface area contributed by atoms with E-state index in [1.807, 2.05) is 6.92 Å². The van der Waals surface area contributed by atoms with Gasteiger partial charge in [0.2, 0.25) is 0 Å². The summed E-state index contributed by atoms with van der Waals surface area (Å²) in [5, 5.41) is 9.41. The molecular weight excluding hydrogens is 174 g/mol. The van der Waals surface area contributed by atoms with E-state index in [-0.39, 0.29) is 6.10 Å². The molecule has 0 saturated heterocycles. The van der Waals surface area contributed by atoms with Crippen LogP contribution < -0.4 is 0 Å². The number of rotatable bonds is 9. The van der Waals surface area contributed by atoms with Crippen LogP contribution >= 0.6 is 0 Å². The van der Waals surface area contributed by atoms with Gasteiger partial charge in [0.05, 0.1) is 6.10 Å². The summed E-state index contributed by atoms with van der Waals surface area (Å²) < 4.78 is 0. The van der Waals surface area contributed by atoms with Crippen LogP contribution in [0.15, 0.2) is 0 Å². The van der Waals surface area contributed by atoms with E-state index in [1.54, 1.807) is 0 Å². The van der Waals surface area contributed by atoms with Crippen LogP contribution in [0.5, 0.6) is 0 Å². The molecule has 1 atom stereocenters. The van der Waals surface area contributed by atoms with Crippen LogP contribution in [0.25, 0.3) is 0 Å². The molecule has 0 aliphatic rings. The molecular formula is C12H27NO. The van der Waals surface area contributed by atoms with Gasteiger partial charge in [-0.05, 0) is 51.7 Å². The third kappa shape index (κ3) is 7.34. The van der Waals surface area contributed by atoms with Crippen LogP contribution in [0.3, 0.4) is 0 Å². The van der Waals surface area contributed by atoms with Crippen LogP contribution in [-0.4, -0.2) is 35.7 Å². The quantitative estimate of drug-likeness (QED) is 0.620. The molecule has 0 amide bonds. The Morgan fingerprint density at radius 2 is 1.57 bits per heavy atom. The summed E-state index contributed by atoms with van der Waals surface area (Å²) in [6.45, 7) is 10.1. The van der Waals surface area contributed by atoms with Crippen molar-refractivity contribution in [2.45, 2.75) is 59.0 Å². The highest BCUT2D eigenvalue weighted by molar-refractivity contribution is 4.59. The van der Waals surface area contributed by atoms with Crippen molar-refractivity contribution in [2.24, 2.45) is 0 Å². The molecule has 2 nitrogen and oxygen atoms in total. The molecule has 0 aromatic rings. The maximum absolute atomic E-state index is 9.41.